The van der Waals surface area contributed by atoms with Gasteiger partial charge in [0.1, 0.15) is 0 Å². The number of hydrogen-bond donors (Lipinski definition) is 0. The lowest BCUT2D eigenvalue weighted by Gasteiger charge is -2.38. The molecule has 0 spiro atoms. The van der Waals surface area contributed by atoms with Crippen molar-refractivity contribution < 1.29 is 9.59 Å². The van der Waals surface area contributed by atoms with Crippen LogP contribution in [-0.2, 0) is 9.59 Å². The van der Waals surface area contributed by atoms with Gasteiger partial charge >= 0.3 is 0 Å². The van der Waals surface area contributed by atoms with Crippen LogP contribution in [0.2, 0.25) is 0 Å². The second kappa shape index (κ2) is 3.13. The molecule has 18 heavy (non-hydrogen) atoms. The van der Waals surface area contributed by atoms with Crippen LogP contribution in [-0.4, -0.2) is 14.9 Å². The number of nitrogens with zero attached hydrogens (tertiary/aromatic N) is 1. The first-order valence-electron chi connectivity index (χ1n) is 7.22. The Morgan fingerprint density at radius 2 is 1.39 bits per heavy atom. The molecule has 8 unspecified atom stereocenters. The first kappa shape index (κ1) is 10.6. The quantitative estimate of drug-likeness (QED) is 0.289. The maximum Gasteiger partial charge on any atom is 0.242 e. The van der Waals surface area contributed by atoms with E-state index < -0.39 is 0 Å². The van der Waals surface area contributed by atoms with Gasteiger partial charge in [0.05, 0.1) is 34.7 Å². The van der Waals surface area contributed by atoms with Crippen LogP contribution in [0.5, 0.6) is 0 Å². The van der Waals surface area contributed by atoms with Crippen LogP contribution in [0.4, 0.5) is 0 Å². The maximum absolute atomic E-state index is 12.3. The molecule has 1 aliphatic heterocycles. The standard InChI is InChI=1S/C14H16INO2/c15-16-13(17)11-7-4-8(12(11)14(16)18)10-6-2-1-5(3-6)9(7)10/h5-12H,1-4H2. The van der Waals surface area contributed by atoms with Crippen LogP contribution in [0, 0.1) is 47.3 Å². The van der Waals surface area contributed by atoms with Gasteiger partial charge in [-0.05, 0) is 61.2 Å². The molecule has 3 nitrogen and oxygen atoms in total. The zero-order chi connectivity index (χ0) is 12.2. The summed E-state index contributed by atoms with van der Waals surface area (Å²) in [5.74, 6) is 4.88. The summed E-state index contributed by atoms with van der Waals surface area (Å²) in [4.78, 5) is 24.6. The third-order valence-electron chi connectivity index (χ3n) is 6.85. The molecule has 2 amide bonds. The Labute approximate surface area is 120 Å². The van der Waals surface area contributed by atoms with Gasteiger partial charge in [0.2, 0.25) is 11.8 Å². The lowest BCUT2D eigenvalue weighted by Crippen LogP contribution is -2.39. The highest BCUT2D eigenvalue weighted by molar-refractivity contribution is 14.1. The van der Waals surface area contributed by atoms with Crippen molar-refractivity contribution >= 4 is 34.7 Å². The minimum Gasteiger partial charge on any atom is -0.273 e. The van der Waals surface area contributed by atoms with E-state index >= 15 is 0 Å². The van der Waals surface area contributed by atoms with Crippen molar-refractivity contribution in [3.63, 3.8) is 0 Å². The van der Waals surface area contributed by atoms with Gasteiger partial charge < -0.3 is 0 Å². The van der Waals surface area contributed by atoms with Gasteiger partial charge in [-0.1, -0.05) is 0 Å². The highest BCUT2D eigenvalue weighted by Crippen LogP contribution is 2.71. The van der Waals surface area contributed by atoms with Gasteiger partial charge in [-0.3, -0.25) is 9.59 Å². The summed E-state index contributed by atoms with van der Waals surface area (Å²) in [5, 5.41) is 0. The van der Waals surface area contributed by atoms with Gasteiger partial charge in [0.25, 0.3) is 0 Å². The Bertz CT molecular complexity index is 438. The van der Waals surface area contributed by atoms with E-state index in [1.807, 2.05) is 22.9 Å². The van der Waals surface area contributed by atoms with Crippen molar-refractivity contribution in [1.29, 1.82) is 0 Å². The van der Waals surface area contributed by atoms with E-state index in [9.17, 15) is 9.59 Å². The summed E-state index contributed by atoms with van der Waals surface area (Å²) in [6, 6.07) is 0. The molecular weight excluding hydrogens is 341 g/mol. The zero-order valence-corrected chi connectivity index (χ0v) is 12.2. The van der Waals surface area contributed by atoms with Gasteiger partial charge in [0, 0.05) is 0 Å². The van der Waals surface area contributed by atoms with Crippen LogP contribution in [0.3, 0.4) is 0 Å². The molecule has 5 rings (SSSR count). The molecule has 4 aliphatic carbocycles. The average Bonchev–Trinajstić information content (AvgIpc) is 3.11. The lowest BCUT2D eigenvalue weighted by atomic mass is 9.64. The molecular formula is C14H16INO2. The van der Waals surface area contributed by atoms with Crippen LogP contribution in [0.1, 0.15) is 25.7 Å². The molecule has 8 atom stereocenters. The van der Waals surface area contributed by atoms with E-state index in [1.54, 1.807) is 0 Å². The predicted octanol–water partition coefficient (Wildman–Crippen LogP) is 2.25. The van der Waals surface area contributed by atoms with Gasteiger partial charge in [-0.25, -0.2) is 3.11 Å². The Morgan fingerprint density at radius 3 is 1.89 bits per heavy atom. The molecule has 0 aromatic heterocycles. The number of imide groups is 1. The van der Waals surface area contributed by atoms with E-state index in [0.717, 1.165) is 23.7 Å². The number of carbonyl (C=O) groups is 2. The van der Waals surface area contributed by atoms with E-state index in [1.165, 1.54) is 28.8 Å². The van der Waals surface area contributed by atoms with Gasteiger partial charge in [-0.2, -0.15) is 0 Å². The van der Waals surface area contributed by atoms with Crippen molar-refractivity contribution in [2.45, 2.75) is 25.7 Å². The Balaban J connectivity index is 1.61. The van der Waals surface area contributed by atoms with Crippen LogP contribution in [0.15, 0.2) is 0 Å². The largest absolute Gasteiger partial charge is 0.273 e. The van der Waals surface area contributed by atoms with Crippen molar-refractivity contribution in [3.8, 4) is 0 Å². The second-order valence-electron chi connectivity index (χ2n) is 7.06. The lowest BCUT2D eigenvalue weighted by molar-refractivity contribution is -0.132. The predicted molar refractivity (Wildman–Crippen MR) is 72.3 cm³/mol. The first-order chi connectivity index (χ1) is 8.68. The highest BCUT2D eigenvalue weighted by Gasteiger charge is 2.71. The molecule has 4 saturated carbocycles. The van der Waals surface area contributed by atoms with E-state index in [4.69, 9.17) is 0 Å². The number of halogens is 1. The maximum atomic E-state index is 12.3. The SMILES string of the molecule is O=C1C2C3CC(C2C(=O)N1I)C1C2CCC(C2)C31. The monoisotopic (exact) mass is 357 g/mol. The number of rotatable bonds is 0. The van der Waals surface area contributed by atoms with E-state index in [-0.39, 0.29) is 23.7 Å². The fraction of sp³-hybridized carbons (Fsp3) is 0.857. The third kappa shape index (κ3) is 0.947. The van der Waals surface area contributed by atoms with E-state index in [0.29, 0.717) is 11.8 Å². The molecule has 4 bridgehead atoms. The normalized spacial score (nSPS) is 59.7. The summed E-state index contributed by atoms with van der Waals surface area (Å²) in [7, 11) is 0. The Kier molecular flexibility index (Phi) is 1.85. The Morgan fingerprint density at radius 1 is 0.889 bits per heavy atom. The molecule has 4 heteroatoms. The molecule has 5 aliphatic rings. The molecule has 0 aromatic rings. The summed E-state index contributed by atoms with van der Waals surface area (Å²) < 4.78 is 1.40. The number of carbonyl (C=O) groups excluding carboxylic acids is 2. The van der Waals surface area contributed by atoms with E-state index in [2.05, 4.69) is 0 Å². The minimum absolute atomic E-state index is 0.0694. The van der Waals surface area contributed by atoms with Crippen LogP contribution < -0.4 is 0 Å². The smallest absolute Gasteiger partial charge is 0.242 e. The Hall–Kier alpha value is -0.130. The third-order valence-corrected chi connectivity index (χ3v) is 7.80. The summed E-state index contributed by atoms with van der Waals surface area (Å²) in [6.07, 6.45) is 5.36. The summed E-state index contributed by atoms with van der Waals surface area (Å²) in [5.41, 5.74) is 0. The summed E-state index contributed by atoms with van der Waals surface area (Å²) >= 11 is 1.92. The molecule has 0 N–H and O–H groups in total. The van der Waals surface area contributed by atoms with Gasteiger partial charge in [-0.15, -0.1) is 0 Å². The fourth-order valence-electron chi connectivity index (χ4n) is 6.63. The second-order valence-corrected chi connectivity index (χ2v) is 8.03. The van der Waals surface area contributed by atoms with Crippen molar-refractivity contribution in [1.82, 2.24) is 3.11 Å². The topological polar surface area (TPSA) is 37.4 Å². The van der Waals surface area contributed by atoms with Crippen LogP contribution in [0.25, 0.3) is 0 Å². The number of hydrogen-bond acceptors (Lipinski definition) is 2. The number of amides is 2. The highest BCUT2D eigenvalue weighted by atomic mass is 127. The molecule has 0 radical (unpaired) electrons. The minimum atomic E-state index is 0.0694. The first-order valence-corrected chi connectivity index (χ1v) is 8.18. The summed E-state index contributed by atoms with van der Waals surface area (Å²) in [6.45, 7) is 0. The molecule has 5 fully saturated rings. The molecule has 96 valence electrons. The van der Waals surface area contributed by atoms with Crippen LogP contribution >= 0.6 is 22.9 Å². The molecule has 1 saturated heterocycles. The van der Waals surface area contributed by atoms with Crippen molar-refractivity contribution in [2.75, 3.05) is 0 Å². The van der Waals surface area contributed by atoms with Gasteiger partial charge in [0.15, 0.2) is 0 Å². The molecule has 1 heterocycles. The van der Waals surface area contributed by atoms with Crippen molar-refractivity contribution in [2.24, 2.45) is 47.3 Å². The van der Waals surface area contributed by atoms with Crippen molar-refractivity contribution in [3.05, 3.63) is 0 Å². The zero-order valence-electron chi connectivity index (χ0n) is 10.1. The average molecular weight is 357 g/mol. The number of fused-ring (bicyclic) bond motifs is 12. The molecule has 0 aromatic carbocycles. The fourth-order valence-corrected chi connectivity index (χ4v) is 7.27.